The van der Waals surface area contributed by atoms with E-state index in [4.69, 9.17) is 9.47 Å². The molecule has 0 saturated carbocycles. The molecule has 2 N–H and O–H groups in total. The largest absolute Gasteiger partial charge is 0.454 e. The van der Waals surface area contributed by atoms with Gasteiger partial charge in [0.1, 0.15) is 0 Å². The highest BCUT2D eigenvalue weighted by atomic mass is 127. The second-order valence-electron chi connectivity index (χ2n) is 5.41. The maximum atomic E-state index is 5.42. The van der Waals surface area contributed by atoms with Crippen molar-refractivity contribution >= 4 is 45.9 Å². The van der Waals surface area contributed by atoms with E-state index in [1.165, 1.54) is 0 Å². The fourth-order valence-electron chi connectivity index (χ4n) is 1.89. The van der Waals surface area contributed by atoms with Crippen molar-refractivity contribution in [2.75, 3.05) is 13.8 Å². The fraction of sp³-hybridized carbons (Fsp3) is 0.533. The fourth-order valence-corrected chi connectivity index (χ4v) is 2.49. The first kappa shape index (κ1) is 19.3. The summed E-state index contributed by atoms with van der Waals surface area (Å²) in [5.41, 5.74) is 1.10. The van der Waals surface area contributed by atoms with Crippen LogP contribution in [0.25, 0.3) is 0 Å². The summed E-state index contributed by atoms with van der Waals surface area (Å²) in [7, 11) is 1.78. The van der Waals surface area contributed by atoms with Gasteiger partial charge in [-0.1, -0.05) is 13.8 Å². The molecule has 124 valence electrons. The second-order valence-corrected chi connectivity index (χ2v) is 6.27. The molecular weight excluding hydrogens is 461 g/mol. The van der Waals surface area contributed by atoms with Crippen LogP contribution in [0.4, 0.5) is 0 Å². The van der Waals surface area contributed by atoms with E-state index in [1.807, 2.05) is 12.1 Å². The number of aliphatic imine (C=N–C) groups is 1. The molecule has 0 spiro atoms. The Bertz CT molecular complexity index is 538. The Morgan fingerprint density at radius 2 is 2.05 bits per heavy atom. The van der Waals surface area contributed by atoms with Crippen LogP contribution in [-0.4, -0.2) is 25.8 Å². The smallest absolute Gasteiger partial charge is 0.231 e. The summed E-state index contributed by atoms with van der Waals surface area (Å²) in [4.78, 5) is 4.25. The van der Waals surface area contributed by atoms with Crippen LogP contribution in [0.1, 0.15) is 26.3 Å². The van der Waals surface area contributed by atoms with E-state index in [-0.39, 0.29) is 30.8 Å². The van der Waals surface area contributed by atoms with Gasteiger partial charge in [0.2, 0.25) is 6.79 Å². The molecule has 1 aromatic carbocycles. The predicted molar refractivity (Wildman–Crippen MR) is 103 cm³/mol. The third-order valence-corrected chi connectivity index (χ3v) is 4.12. The summed E-state index contributed by atoms with van der Waals surface area (Å²) in [5.74, 6) is 2.89. The topological polar surface area (TPSA) is 54.9 Å². The molecule has 0 saturated heterocycles. The molecule has 1 aromatic rings. The molecule has 1 unspecified atom stereocenters. The van der Waals surface area contributed by atoms with Crippen molar-refractivity contribution in [1.29, 1.82) is 0 Å². The minimum Gasteiger partial charge on any atom is -0.454 e. The number of nitrogens with zero attached hydrogens (tertiary/aromatic N) is 1. The van der Waals surface area contributed by atoms with Crippen molar-refractivity contribution in [2.45, 2.75) is 33.4 Å². The zero-order valence-electron chi connectivity index (χ0n) is 13.3. The van der Waals surface area contributed by atoms with E-state index in [0.717, 1.165) is 27.5 Å². The summed E-state index contributed by atoms with van der Waals surface area (Å²) in [6.07, 6.45) is 0. The van der Waals surface area contributed by atoms with Gasteiger partial charge in [0.15, 0.2) is 17.5 Å². The molecule has 22 heavy (non-hydrogen) atoms. The van der Waals surface area contributed by atoms with Crippen molar-refractivity contribution < 1.29 is 9.47 Å². The summed E-state index contributed by atoms with van der Waals surface area (Å²) in [6.45, 7) is 7.45. The lowest BCUT2D eigenvalue weighted by Gasteiger charge is -2.20. The third-order valence-electron chi connectivity index (χ3n) is 3.53. The molecule has 1 aliphatic heterocycles. The number of rotatable bonds is 4. The van der Waals surface area contributed by atoms with Gasteiger partial charge >= 0.3 is 0 Å². The zero-order valence-corrected chi connectivity index (χ0v) is 17.2. The molecule has 1 heterocycles. The molecule has 1 atom stereocenters. The lowest BCUT2D eigenvalue weighted by molar-refractivity contribution is 0.173. The Kier molecular flexibility index (Phi) is 7.75. The first-order valence-corrected chi connectivity index (χ1v) is 7.85. The van der Waals surface area contributed by atoms with Crippen molar-refractivity contribution in [1.82, 2.24) is 10.6 Å². The Hall–Kier alpha value is -0.700. The van der Waals surface area contributed by atoms with Crippen LogP contribution in [0.3, 0.4) is 0 Å². The van der Waals surface area contributed by atoms with Gasteiger partial charge in [0.05, 0.1) is 4.47 Å². The van der Waals surface area contributed by atoms with Gasteiger partial charge in [-0.3, -0.25) is 4.99 Å². The minimum atomic E-state index is 0. The molecule has 0 radical (unpaired) electrons. The predicted octanol–water partition coefficient (Wildman–Crippen LogP) is 3.51. The van der Waals surface area contributed by atoms with Crippen molar-refractivity contribution in [3.05, 3.63) is 22.2 Å². The molecule has 7 heteroatoms. The minimum absolute atomic E-state index is 0. The van der Waals surface area contributed by atoms with E-state index in [9.17, 15) is 0 Å². The number of hydrogen-bond acceptors (Lipinski definition) is 3. The molecule has 0 fully saturated rings. The number of benzene rings is 1. The number of nitrogens with one attached hydrogen (secondary N) is 2. The number of fused-ring (bicyclic) bond motifs is 1. The van der Waals surface area contributed by atoms with Crippen molar-refractivity contribution in [3.63, 3.8) is 0 Å². The van der Waals surface area contributed by atoms with Gasteiger partial charge in [0.25, 0.3) is 0 Å². The van der Waals surface area contributed by atoms with Crippen LogP contribution >= 0.6 is 39.9 Å². The van der Waals surface area contributed by atoms with Crippen LogP contribution in [0.2, 0.25) is 0 Å². The molecule has 2 rings (SSSR count). The second kappa shape index (κ2) is 8.81. The lowest BCUT2D eigenvalue weighted by Crippen LogP contribution is -2.43. The van der Waals surface area contributed by atoms with E-state index in [2.05, 4.69) is 52.3 Å². The third kappa shape index (κ3) is 4.91. The normalized spacial score (nSPS) is 14.5. The van der Waals surface area contributed by atoms with Crippen LogP contribution in [0.15, 0.2) is 21.6 Å². The highest BCUT2D eigenvalue weighted by Crippen LogP contribution is 2.39. The monoisotopic (exact) mass is 483 g/mol. The quantitative estimate of drug-likeness (QED) is 0.391. The lowest BCUT2D eigenvalue weighted by atomic mass is 10.1. The van der Waals surface area contributed by atoms with E-state index in [0.29, 0.717) is 18.5 Å². The Morgan fingerprint density at radius 3 is 2.68 bits per heavy atom. The van der Waals surface area contributed by atoms with Crippen LogP contribution in [0.5, 0.6) is 11.5 Å². The van der Waals surface area contributed by atoms with Crippen LogP contribution < -0.4 is 20.1 Å². The van der Waals surface area contributed by atoms with Crippen LogP contribution in [0, 0.1) is 5.92 Å². The molecule has 5 nitrogen and oxygen atoms in total. The summed E-state index contributed by atoms with van der Waals surface area (Å²) in [5, 5.41) is 6.69. The number of ether oxygens (including phenoxy) is 2. The Labute approximate surface area is 157 Å². The summed E-state index contributed by atoms with van der Waals surface area (Å²) in [6, 6.07) is 4.37. The first-order valence-electron chi connectivity index (χ1n) is 7.06. The van der Waals surface area contributed by atoms with Crippen molar-refractivity contribution in [2.24, 2.45) is 10.9 Å². The average Bonchev–Trinajstić information content (AvgIpc) is 2.91. The van der Waals surface area contributed by atoms with Gasteiger partial charge in [-0.05, 0) is 46.5 Å². The Morgan fingerprint density at radius 1 is 1.32 bits per heavy atom. The van der Waals surface area contributed by atoms with E-state index < -0.39 is 0 Å². The molecular formula is C15H23BrIN3O2. The van der Waals surface area contributed by atoms with Gasteiger partial charge in [0, 0.05) is 19.6 Å². The van der Waals surface area contributed by atoms with Gasteiger partial charge in [-0.25, -0.2) is 0 Å². The first-order chi connectivity index (χ1) is 10.0. The van der Waals surface area contributed by atoms with Gasteiger partial charge in [-0.15, -0.1) is 24.0 Å². The SMILES string of the molecule is CN=C(NCc1cc(Br)c2c(c1)OCO2)NC(C)C(C)C.I. The Balaban J connectivity index is 0.00000242. The highest BCUT2D eigenvalue weighted by Gasteiger charge is 2.18. The molecule has 0 aliphatic carbocycles. The maximum Gasteiger partial charge on any atom is 0.231 e. The standard InChI is InChI=1S/C15H22BrN3O2.HI/c1-9(2)10(3)19-15(17-4)18-7-11-5-12(16)14-13(6-11)20-8-21-14;/h5-6,9-10H,7-8H2,1-4H3,(H2,17,18,19);1H. The molecule has 0 aromatic heterocycles. The average molecular weight is 484 g/mol. The number of guanidine groups is 1. The molecule has 0 amide bonds. The summed E-state index contributed by atoms with van der Waals surface area (Å²) < 4.78 is 11.7. The number of halogens is 2. The van der Waals surface area contributed by atoms with Gasteiger partial charge in [-0.2, -0.15) is 0 Å². The molecule has 1 aliphatic rings. The van der Waals surface area contributed by atoms with E-state index >= 15 is 0 Å². The van der Waals surface area contributed by atoms with E-state index in [1.54, 1.807) is 7.05 Å². The summed E-state index contributed by atoms with van der Waals surface area (Å²) >= 11 is 3.50. The van der Waals surface area contributed by atoms with Crippen molar-refractivity contribution in [3.8, 4) is 11.5 Å². The maximum absolute atomic E-state index is 5.42. The number of hydrogen-bond donors (Lipinski definition) is 2. The zero-order chi connectivity index (χ0) is 15.4. The van der Waals surface area contributed by atoms with Gasteiger partial charge < -0.3 is 20.1 Å². The van der Waals surface area contributed by atoms with Crippen LogP contribution in [-0.2, 0) is 6.54 Å². The highest BCUT2D eigenvalue weighted by molar-refractivity contribution is 14.0. The molecule has 0 bridgehead atoms.